The number of hydrogen-bond donors (Lipinski definition) is 6. The van der Waals surface area contributed by atoms with E-state index in [1.54, 1.807) is 0 Å². The van der Waals surface area contributed by atoms with Crippen molar-refractivity contribution in [2.45, 2.75) is 174 Å². The third-order valence-corrected chi connectivity index (χ3v) is 16.8. The van der Waals surface area contributed by atoms with Gasteiger partial charge >= 0.3 is 5.97 Å². The highest BCUT2D eigenvalue weighted by molar-refractivity contribution is 5.76. The van der Waals surface area contributed by atoms with E-state index in [2.05, 4.69) is 40.7 Å². The number of allylic oxidation sites excluding steroid dienone is 2. The Morgan fingerprint density at radius 3 is 2.21 bits per heavy atom. The van der Waals surface area contributed by atoms with Gasteiger partial charge in [-0.05, 0) is 111 Å². The molecule has 0 bridgehead atoms. The summed E-state index contributed by atoms with van der Waals surface area (Å²) in [6.45, 7) is 15.0. The number of carbonyl (C=O) groups is 2. The molecular formula is C41H64O12. The number of ether oxygens (including phenoxy) is 4. The van der Waals surface area contributed by atoms with Gasteiger partial charge in [-0.1, -0.05) is 53.2 Å². The lowest BCUT2D eigenvalue weighted by Gasteiger charge is -2.71. The molecule has 0 aromatic heterocycles. The lowest BCUT2D eigenvalue weighted by Crippen LogP contribution is -2.66. The lowest BCUT2D eigenvalue weighted by molar-refractivity contribution is -0.363. The Morgan fingerprint density at radius 2 is 1.53 bits per heavy atom. The van der Waals surface area contributed by atoms with Gasteiger partial charge in [0, 0.05) is 0 Å². The maximum atomic E-state index is 13.4. The molecule has 53 heavy (non-hydrogen) atoms. The van der Waals surface area contributed by atoms with E-state index in [4.69, 9.17) is 18.9 Å². The summed E-state index contributed by atoms with van der Waals surface area (Å²) in [5.74, 6) is -0.387. The van der Waals surface area contributed by atoms with Crippen molar-refractivity contribution in [3.05, 3.63) is 11.6 Å². The Morgan fingerprint density at radius 1 is 0.830 bits per heavy atom. The van der Waals surface area contributed by atoms with Gasteiger partial charge in [0.05, 0.1) is 29.6 Å². The molecule has 0 radical (unpaired) electrons. The van der Waals surface area contributed by atoms with Crippen LogP contribution in [0.25, 0.3) is 0 Å². The van der Waals surface area contributed by atoms with Crippen LogP contribution < -0.4 is 0 Å². The zero-order valence-corrected chi connectivity index (χ0v) is 32.6. The zero-order chi connectivity index (χ0) is 38.7. The van der Waals surface area contributed by atoms with Crippen LogP contribution in [0.5, 0.6) is 0 Å². The molecule has 0 unspecified atom stereocenters. The van der Waals surface area contributed by atoms with E-state index >= 15 is 0 Å². The van der Waals surface area contributed by atoms with Gasteiger partial charge < -0.3 is 54.4 Å². The fourth-order valence-electron chi connectivity index (χ4n) is 13.2. The first-order chi connectivity index (χ1) is 24.7. The number of aliphatic hydroxyl groups is 5. The average molecular weight is 749 g/mol. The monoisotopic (exact) mass is 748 g/mol. The minimum absolute atomic E-state index is 0.0198. The van der Waals surface area contributed by atoms with Crippen LogP contribution in [0, 0.1) is 50.2 Å². The summed E-state index contributed by atoms with van der Waals surface area (Å²) in [4.78, 5) is 26.5. The van der Waals surface area contributed by atoms with Crippen molar-refractivity contribution in [2.75, 3.05) is 6.61 Å². The third kappa shape index (κ3) is 5.77. The van der Waals surface area contributed by atoms with Gasteiger partial charge in [-0.2, -0.15) is 0 Å². The van der Waals surface area contributed by atoms with Crippen molar-refractivity contribution in [3.8, 4) is 0 Å². The molecule has 7 aliphatic rings. The second-order valence-electron chi connectivity index (χ2n) is 19.9. The first-order valence-corrected chi connectivity index (χ1v) is 20.1. The molecule has 0 aromatic rings. The van der Waals surface area contributed by atoms with Crippen LogP contribution in [0.4, 0.5) is 0 Å². The molecule has 18 atom stereocenters. The van der Waals surface area contributed by atoms with Crippen molar-refractivity contribution in [2.24, 2.45) is 50.2 Å². The van der Waals surface area contributed by atoms with E-state index in [0.29, 0.717) is 12.8 Å². The van der Waals surface area contributed by atoms with Gasteiger partial charge in [0.15, 0.2) is 12.6 Å². The minimum Gasteiger partial charge on any atom is -0.481 e. The predicted molar refractivity (Wildman–Crippen MR) is 191 cm³/mol. The molecule has 6 N–H and O–H groups in total. The Labute approximate surface area is 313 Å². The normalized spacial score (nSPS) is 55.0. The van der Waals surface area contributed by atoms with Gasteiger partial charge in [0.25, 0.3) is 0 Å². The van der Waals surface area contributed by atoms with E-state index < -0.39 is 78.2 Å². The smallest absolute Gasteiger partial charge is 0.310 e. The van der Waals surface area contributed by atoms with Crippen molar-refractivity contribution in [1.29, 1.82) is 0 Å². The number of carboxylic acids is 1. The molecule has 12 nitrogen and oxygen atoms in total. The summed E-state index contributed by atoms with van der Waals surface area (Å²) in [7, 11) is 0. The van der Waals surface area contributed by atoms with Crippen LogP contribution >= 0.6 is 0 Å². The molecule has 300 valence electrons. The molecular weight excluding hydrogens is 684 g/mol. The SMILES string of the molecule is C[C@@H]1O[C@@H](O[C@H]2[C@H](O[C@H]3CC[C@]4(C)[C@H]5CC=C6[C@@H]7CC(C)(C)CC[C@]7(C(=O)O)CC[C@@]6(C)[C@]5(C)CC[C@H]4[C@]3(C)C=O)OC[C@H](O)[C@@H]2O)[C@H](O)[C@H](O)[C@H]1O. The molecule has 2 aliphatic heterocycles. The van der Waals surface area contributed by atoms with E-state index in [-0.39, 0.29) is 46.0 Å². The number of rotatable bonds is 6. The van der Waals surface area contributed by atoms with E-state index in [1.165, 1.54) is 12.5 Å². The maximum absolute atomic E-state index is 13.4. The molecule has 7 rings (SSSR count). The van der Waals surface area contributed by atoms with Crippen LogP contribution in [0.15, 0.2) is 11.6 Å². The molecule has 6 fully saturated rings. The Bertz CT molecular complexity index is 1470. The predicted octanol–water partition coefficient (Wildman–Crippen LogP) is 3.73. The number of carboxylic acid groups (broad SMARTS) is 1. The number of aliphatic hydroxyl groups excluding tert-OH is 5. The quantitative estimate of drug-likeness (QED) is 0.131. The second kappa shape index (κ2) is 13.3. The van der Waals surface area contributed by atoms with Gasteiger partial charge in [-0.15, -0.1) is 0 Å². The molecule has 0 aromatic carbocycles. The van der Waals surface area contributed by atoms with Crippen molar-refractivity contribution in [1.82, 2.24) is 0 Å². The van der Waals surface area contributed by atoms with Gasteiger partial charge in [-0.25, -0.2) is 0 Å². The fourth-order valence-corrected chi connectivity index (χ4v) is 13.2. The van der Waals surface area contributed by atoms with Crippen LogP contribution in [-0.2, 0) is 28.5 Å². The molecule has 4 saturated carbocycles. The van der Waals surface area contributed by atoms with Crippen molar-refractivity contribution < 1.29 is 59.2 Å². The average Bonchev–Trinajstić information content (AvgIpc) is 3.10. The van der Waals surface area contributed by atoms with Crippen LogP contribution in [-0.4, -0.2) is 111 Å². The van der Waals surface area contributed by atoms with Gasteiger partial charge in [0.2, 0.25) is 0 Å². The molecule has 0 amide bonds. The number of carbonyl (C=O) groups excluding carboxylic acids is 1. The number of fused-ring (bicyclic) bond motifs is 7. The maximum Gasteiger partial charge on any atom is 0.310 e. The topological polar surface area (TPSA) is 192 Å². The molecule has 2 heterocycles. The zero-order valence-electron chi connectivity index (χ0n) is 32.6. The fraction of sp³-hybridized carbons (Fsp3) is 0.902. The van der Waals surface area contributed by atoms with Crippen LogP contribution in [0.2, 0.25) is 0 Å². The summed E-state index contributed by atoms with van der Waals surface area (Å²) in [5.41, 5.74) is -0.651. The van der Waals surface area contributed by atoms with Gasteiger partial charge in [0.1, 0.15) is 42.9 Å². The van der Waals surface area contributed by atoms with Gasteiger partial charge in [-0.3, -0.25) is 4.79 Å². The first-order valence-electron chi connectivity index (χ1n) is 20.1. The Balaban J connectivity index is 1.15. The Kier molecular flexibility index (Phi) is 9.97. The Hall–Kier alpha value is -1.48. The van der Waals surface area contributed by atoms with E-state index in [1.807, 2.05) is 6.92 Å². The minimum atomic E-state index is -1.64. The summed E-state index contributed by atoms with van der Waals surface area (Å²) >= 11 is 0. The second-order valence-corrected chi connectivity index (χ2v) is 19.9. The van der Waals surface area contributed by atoms with E-state index in [0.717, 1.165) is 57.7 Å². The highest BCUT2D eigenvalue weighted by Crippen LogP contribution is 2.75. The standard InChI is InChI=1S/C41H64O12/c1-21-28(44)30(46)31(47)33(51-21)53-32-29(45)24(43)19-50-34(32)52-27-11-12-37(4)25(38(27,5)20-42)10-13-40(7)26(37)9-8-22-23-18-36(2,3)14-16-41(23,35(48)49)17-15-39(22,40)6/h8,20-21,23-34,43-47H,9-19H2,1-7H3,(H,48,49)/t21-,23-,24-,25+,26+,27-,28-,29-,30+,31+,32+,33-,34-,37-,38-,39+,40+,41-/m0/s1. The van der Waals surface area contributed by atoms with Crippen LogP contribution in [0.1, 0.15) is 113 Å². The first kappa shape index (κ1) is 39.7. The van der Waals surface area contributed by atoms with Crippen LogP contribution in [0.3, 0.4) is 0 Å². The third-order valence-electron chi connectivity index (χ3n) is 16.8. The molecule has 5 aliphatic carbocycles. The molecule has 12 heteroatoms. The highest BCUT2D eigenvalue weighted by Gasteiger charge is 2.70. The summed E-state index contributed by atoms with van der Waals surface area (Å²) < 4.78 is 24.2. The number of aldehydes is 1. The molecule has 0 spiro atoms. The summed E-state index contributed by atoms with van der Waals surface area (Å²) in [6, 6.07) is 0. The van der Waals surface area contributed by atoms with Crippen molar-refractivity contribution in [3.63, 3.8) is 0 Å². The highest BCUT2D eigenvalue weighted by atomic mass is 16.8. The lowest BCUT2D eigenvalue weighted by atomic mass is 9.33. The summed E-state index contributed by atoms with van der Waals surface area (Å²) in [5, 5.41) is 63.5. The van der Waals surface area contributed by atoms with E-state index in [9.17, 15) is 40.2 Å². The number of aliphatic carboxylic acids is 1. The molecule has 2 saturated heterocycles. The summed E-state index contributed by atoms with van der Waals surface area (Å²) in [6.07, 6.45) is -1.45. The number of hydrogen-bond acceptors (Lipinski definition) is 11. The van der Waals surface area contributed by atoms with Crippen molar-refractivity contribution >= 4 is 12.3 Å². The largest absolute Gasteiger partial charge is 0.481 e.